The van der Waals surface area contributed by atoms with Gasteiger partial charge in [-0.05, 0) is 25.5 Å². The summed E-state index contributed by atoms with van der Waals surface area (Å²) in [5, 5.41) is -0.555. The molecule has 1 fully saturated rings. The van der Waals surface area contributed by atoms with Gasteiger partial charge in [-0.3, -0.25) is 19.0 Å². The van der Waals surface area contributed by atoms with Crippen LogP contribution in [0, 0.1) is 6.92 Å². The normalized spacial score (nSPS) is 19.1. The minimum atomic E-state index is -4.71. The highest BCUT2D eigenvalue weighted by Gasteiger charge is 2.36. The molecule has 0 saturated heterocycles. The molecular formula is C16H13F3N2O3. The van der Waals surface area contributed by atoms with Gasteiger partial charge in [-0.15, -0.1) is 0 Å². The van der Waals surface area contributed by atoms with E-state index >= 15 is 0 Å². The van der Waals surface area contributed by atoms with Crippen LogP contribution in [-0.4, -0.2) is 21.1 Å². The summed E-state index contributed by atoms with van der Waals surface area (Å²) in [7, 11) is 0. The first-order chi connectivity index (χ1) is 11.2. The number of ketones is 2. The van der Waals surface area contributed by atoms with Crippen molar-refractivity contribution in [2.24, 2.45) is 0 Å². The van der Waals surface area contributed by atoms with Crippen molar-refractivity contribution < 1.29 is 22.8 Å². The molecule has 0 aliphatic heterocycles. The summed E-state index contributed by atoms with van der Waals surface area (Å²) in [5.74, 6) is -0.548. The monoisotopic (exact) mass is 338 g/mol. The van der Waals surface area contributed by atoms with Crippen LogP contribution in [0.25, 0.3) is 10.9 Å². The summed E-state index contributed by atoms with van der Waals surface area (Å²) in [4.78, 5) is 40.2. The Morgan fingerprint density at radius 3 is 2.54 bits per heavy atom. The predicted octanol–water partition coefficient (Wildman–Crippen LogP) is 2.59. The molecule has 0 amide bonds. The van der Waals surface area contributed by atoms with Gasteiger partial charge in [-0.1, -0.05) is 6.07 Å². The standard InChI is InChI=1S/C16H13F3N2O3/c1-8-20-11-4-2-3-10(16(17,18)19)14(11)15(24)21(8)12-6-5-9(22)7-13(12)23/h2-4,12H,5-7H2,1H3. The first-order valence-corrected chi connectivity index (χ1v) is 7.33. The van der Waals surface area contributed by atoms with E-state index in [1.54, 1.807) is 0 Å². The molecule has 8 heteroatoms. The van der Waals surface area contributed by atoms with Crippen molar-refractivity contribution in [1.29, 1.82) is 0 Å². The van der Waals surface area contributed by atoms with Gasteiger partial charge in [0.15, 0.2) is 5.78 Å². The van der Waals surface area contributed by atoms with Crippen LogP contribution in [-0.2, 0) is 15.8 Å². The van der Waals surface area contributed by atoms with E-state index in [-0.39, 0.29) is 36.4 Å². The molecule has 3 rings (SSSR count). The summed E-state index contributed by atoms with van der Waals surface area (Å²) in [6.07, 6.45) is -4.81. The summed E-state index contributed by atoms with van der Waals surface area (Å²) in [5.41, 5.74) is -2.05. The highest BCUT2D eigenvalue weighted by Crippen LogP contribution is 2.33. The number of nitrogens with zero attached hydrogens (tertiary/aromatic N) is 2. The van der Waals surface area contributed by atoms with E-state index < -0.39 is 34.5 Å². The maximum atomic E-state index is 13.2. The molecule has 0 bridgehead atoms. The van der Waals surface area contributed by atoms with Crippen molar-refractivity contribution in [1.82, 2.24) is 9.55 Å². The largest absolute Gasteiger partial charge is 0.417 e. The molecule has 1 aromatic carbocycles. The zero-order valence-corrected chi connectivity index (χ0v) is 12.7. The maximum Gasteiger partial charge on any atom is 0.417 e. The van der Waals surface area contributed by atoms with Gasteiger partial charge < -0.3 is 0 Å². The van der Waals surface area contributed by atoms with E-state index in [9.17, 15) is 27.6 Å². The van der Waals surface area contributed by atoms with Crippen LogP contribution >= 0.6 is 0 Å². The SMILES string of the molecule is Cc1nc2cccc(C(F)(F)F)c2c(=O)n1C1CCC(=O)CC1=O. The van der Waals surface area contributed by atoms with E-state index in [0.29, 0.717) is 0 Å². The highest BCUT2D eigenvalue weighted by molar-refractivity contribution is 6.03. The van der Waals surface area contributed by atoms with Gasteiger partial charge in [-0.25, -0.2) is 4.98 Å². The number of fused-ring (bicyclic) bond motifs is 1. The fourth-order valence-corrected chi connectivity index (χ4v) is 3.09. The molecule has 1 unspecified atom stereocenters. The Morgan fingerprint density at radius 2 is 1.92 bits per heavy atom. The van der Waals surface area contributed by atoms with Crippen LogP contribution in [0.15, 0.2) is 23.0 Å². The van der Waals surface area contributed by atoms with Gasteiger partial charge in [0, 0.05) is 6.42 Å². The third-order valence-electron chi connectivity index (χ3n) is 4.16. The molecule has 1 heterocycles. The molecule has 0 radical (unpaired) electrons. The maximum absolute atomic E-state index is 13.2. The quantitative estimate of drug-likeness (QED) is 0.750. The van der Waals surface area contributed by atoms with Crippen LogP contribution in [0.2, 0.25) is 0 Å². The van der Waals surface area contributed by atoms with Crippen LogP contribution in [0.4, 0.5) is 13.2 Å². The van der Waals surface area contributed by atoms with Crippen LogP contribution in [0.1, 0.15) is 36.7 Å². The fourth-order valence-electron chi connectivity index (χ4n) is 3.09. The van der Waals surface area contributed by atoms with E-state index in [0.717, 1.165) is 10.6 Å². The van der Waals surface area contributed by atoms with Gasteiger partial charge in [0.05, 0.1) is 28.9 Å². The number of aryl methyl sites for hydroxylation is 1. The number of hydrogen-bond acceptors (Lipinski definition) is 4. The van der Waals surface area contributed by atoms with E-state index in [1.165, 1.54) is 19.1 Å². The summed E-state index contributed by atoms with van der Waals surface area (Å²) in [6, 6.07) is 2.38. The zero-order valence-electron chi connectivity index (χ0n) is 12.7. The Balaban J connectivity index is 2.29. The molecule has 1 aliphatic carbocycles. The molecular weight excluding hydrogens is 325 g/mol. The van der Waals surface area contributed by atoms with Crippen LogP contribution < -0.4 is 5.56 Å². The number of benzene rings is 1. The number of hydrogen-bond donors (Lipinski definition) is 0. The Hall–Kier alpha value is -2.51. The van der Waals surface area contributed by atoms with Gasteiger partial charge in [0.2, 0.25) is 0 Å². The lowest BCUT2D eigenvalue weighted by Crippen LogP contribution is -2.36. The Bertz CT molecular complexity index is 915. The predicted molar refractivity (Wildman–Crippen MR) is 78.6 cm³/mol. The molecule has 1 aliphatic rings. The average molecular weight is 338 g/mol. The number of carbonyl (C=O) groups excluding carboxylic acids is 2. The van der Waals surface area contributed by atoms with Crippen molar-refractivity contribution in [3.8, 4) is 0 Å². The number of alkyl halides is 3. The van der Waals surface area contributed by atoms with Gasteiger partial charge in [-0.2, -0.15) is 13.2 Å². The lowest BCUT2D eigenvalue weighted by atomic mass is 9.92. The highest BCUT2D eigenvalue weighted by atomic mass is 19.4. The first-order valence-electron chi connectivity index (χ1n) is 7.33. The minimum Gasteiger partial charge on any atom is -0.299 e. The van der Waals surface area contributed by atoms with Gasteiger partial charge in [0.25, 0.3) is 5.56 Å². The number of Topliss-reactive ketones (excluding diaryl/α,β-unsaturated/α-hetero) is 2. The second-order valence-corrected chi connectivity index (χ2v) is 5.77. The van der Waals surface area contributed by atoms with E-state index in [1.807, 2.05) is 0 Å². The number of carbonyl (C=O) groups is 2. The molecule has 126 valence electrons. The van der Waals surface area contributed by atoms with E-state index in [4.69, 9.17) is 0 Å². The molecule has 2 aromatic rings. The lowest BCUT2D eigenvalue weighted by Gasteiger charge is -2.24. The Kier molecular flexibility index (Phi) is 3.77. The number of aromatic nitrogens is 2. The molecule has 1 aromatic heterocycles. The second-order valence-electron chi connectivity index (χ2n) is 5.77. The fraction of sp³-hybridized carbons (Fsp3) is 0.375. The summed E-state index contributed by atoms with van der Waals surface area (Å²) < 4.78 is 40.6. The molecule has 1 atom stereocenters. The molecule has 0 spiro atoms. The number of halogens is 3. The van der Waals surface area contributed by atoms with Crippen molar-refractivity contribution in [3.05, 3.63) is 39.9 Å². The van der Waals surface area contributed by atoms with Gasteiger partial charge >= 0.3 is 6.18 Å². The first kappa shape index (κ1) is 16.4. The average Bonchev–Trinajstić information content (AvgIpc) is 2.47. The Labute approximate surface area is 134 Å². The second kappa shape index (κ2) is 5.54. The van der Waals surface area contributed by atoms with Gasteiger partial charge in [0.1, 0.15) is 11.6 Å². The molecule has 1 saturated carbocycles. The van der Waals surface area contributed by atoms with E-state index in [2.05, 4.69) is 4.98 Å². The van der Waals surface area contributed by atoms with Crippen molar-refractivity contribution >= 4 is 22.5 Å². The molecule has 24 heavy (non-hydrogen) atoms. The van der Waals surface area contributed by atoms with Crippen molar-refractivity contribution in [2.75, 3.05) is 0 Å². The number of rotatable bonds is 1. The lowest BCUT2D eigenvalue weighted by molar-refractivity contribution is -0.136. The van der Waals surface area contributed by atoms with Crippen molar-refractivity contribution in [3.63, 3.8) is 0 Å². The third kappa shape index (κ3) is 2.61. The third-order valence-corrected chi connectivity index (χ3v) is 4.16. The summed E-state index contributed by atoms with van der Waals surface area (Å²) in [6.45, 7) is 1.46. The Morgan fingerprint density at radius 1 is 1.21 bits per heavy atom. The van der Waals surface area contributed by atoms with Crippen LogP contribution in [0.3, 0.4) is 0 Å². The minimum absolute atomic E-state index is 0.0668. The molecule has 0 N–H and O–H groups in total. The van der Waals surface area contributed by atoms with Crippen LogP contribution in [0.5, 0.6) is 0 Å². The topological polar surface area (TPSA) is 69.0 Å². The van der Waals surface area contributed by atoms with Crippen molar-refractivity contribution in [2.45, 2.75) is 38.4 Å². The smallest absolute Gasteiger partial charge is 0.299 e. The molecule has 5 nitrogen and oxygen atoms in total. The summed E-state index contributed by atoms with van der Waals surface area (Å²) >= 11 is 0. The zero-order chi connectivity index (χ0) is 17.6.